The Morgan fingerprint density at radius 1 is 1.53 bits per heavy atom. The van der Waals surface area contributed by atoms with E-state index < -0.39 is 0 Å². The van der Waals surface area contributed by atoms with Crippen LogP contribution in [0.2, 0.25) is 0 Å². The fourth-order valence-electron chi connectivity index (χ4n) is 1.97. The summed E-state index contributed by atoms with van der Waals surface area (Å²) in [5.41, 5.74) is 2.83. The highest BCUT2D eigenvalue weighted by molar-refractivity contribution is 5.69. The molecule has 0 atom stereocenters. The Morgan fingerprint density at radius 2 is 2.32 bits per heavy atom. The van der Waals surface area contributed by atoms with Crippen LogP contribution in [-0.4, -0.2) is 32.2 Å². The van der Waals surface area contributed by atoms with Crippen LogP contribution in [0.25, 0.3) is 5.78 Å². The Hall–Kier alpha value is -2.24. The van der Waals surface area contributed by atoms with Crippen LogP contribution in [0, 0.1) is 13.8 Å². The number of carbonyl (C=O) groups is 1. The topological polar surface area (TPSA) is 69.4 Å². The number of hydrogen-bond acceptors (Lipinski definition) is 5. The molecule has 0 aliphatic carbocycles. The van der Waals surface area contributed by atoms with Crippen molar-refractivity contribution in [1.82, 2.24) is 19.6 Å². The molecular formula is C13H16N4O2. The predicted molar refractivity (Wildman–Crippen MR) is 69.7 cm³/mol. The van der Waals surface area contributed by atoms with Crippen LogP contribution >= 0.6 is 0 Å². The van der Waals surface area contributed by atoms with Crippen molar-refractivity contribution in [3.05, 3.63) is 35.9 Å². The molecule has 0 bridgehead atoms. The third kappa shape index (κ3) is 2.78. The largest absolute Gasteiger partial charge is 0.461 e. The maximum absolute atomic E-state index is 11.5. The smallest absolute Gasteiger partial charge is 0.306 e. The molecule has 0 spiro atoms. The van der Waals surface area contributed by atoms with Gasteiger partial charge in [-0.2, -0.15) is 10.1 Å². The minimum atomic E-state index is -0.239. The summed E-state index contributed by atoms with van der Waals surface area (Å²) in [7, 11) is 0. The van der Waals surface area contributed by atoms with Crippen molar-refractivity contribution in [3.8, 4) is 0 Å². The summed E-state index contributed by atoms with van der Waals surface area (Å²) in [6, 6.07) is 0. The Morgan fingerprint density at radius 3 is 3.05 bits per heavy atom. The second kappa shape index (κ2) is 5.60. The number of aryl methyl sites for hydroxylation is 2. The van der Waals surface area contributed by atoms with Crippen LogP contribution < -0.4 is 0 Å². The van der Waals surface area contributed by atoms with Crippen LogP contribution in [0.5, 0.6) is 0 Å². The second-order valence-electron chi connectivity index (χ2n) is 4.20. The van der Waals surface area contributed by atoms with Gasteiger partial charge in [0.15, 0.2) is 0 Å². The van der Waals surface area contributed by atoms with E-state index in [1.807, 2.05) is 13.8 Å². The Bertz CT molecular complexity index is 618. The molecule has 100 valence electrons. The first-order chi connectivity index (χ1) is 9.13. The highest BCUT2D eigenvalue weighted by atomic mass is 16.5. The van der Waals surface area contributed by atoms with Crippen molar-refractivity contribution in [3.63, 3.8) is 0 Å². The van der Waals surface area contributed by atoms with Gasteiger partial charge in [0.05, 0.1) is 0 Å². The Balaban J connectivity index is 2.16. The van der Waals surface area contributed by atoms with E-state index in [2.05, 4.69) is 21.6 Å². The molecule has 0 saturated carbocycles. The Labute approximate surface area is 111 Å². The minimum absolute atomic E-state index is 0.239. The van der Waals surface area contributed by atoms with E-state index in [1.54, 1.807) is 10.6 Å². The molecule has 2 aromatic rings. The van der Waals surface area contributed by atoms with E-state index >= 15 is 0 Å². The zero-order chi connectivity index (χ0) is 13.8. The van der Waals surface area contributed by atoms with Gasteiger partial charge in [-0.05, 0) is 25.8 Å². The molecule has 6 nitrogen and oxygen atoms in total. The van der Waals surface area contributed by atoms with E-state index in [9.17, 15) is 4.79 Å². The van der Waals surface area contributed by atoms with Crippen molar-refractivity contribution >= 4 is 11.7 Å². The first-order valence-electron chi connectivity index (χ1n) is 6.05. The second-order valence-corrected chi connectivity index (χ2v) is 4.20. The summed E-state index contributed by atoms with van der Waals surface area (Å²) in [6.45, 7) is 7.60. The lowest BCUT2D eigenvalue weighted by atomic mass is 10.1. The number of ether oxygens (including phenoxy) is 1. The van der Waals surface area contributed by atoms with E-state index in [0.717, 1.165) is 17.0 Å². The normalized spacial score (nSPS) is 10.6. The lowest BCUT2D eigenvalue weighted by Gasteiger charge is -2.09. The summed E-state index contributed by atoms with van der Waals surface area (Å²) in [4.78, 5) is 19.9. The van der Waals surface area contributed by atoms with Crippen molar-refractivity contribution in [2.45, 2.75) is 26.7 Å². The van der Waals surface area contributed by atoms with Gasteiger partial charge in [0.2, 0.25) is 0 Å². The van der Waals surface area contributed by atoms with E-state index in [0.29, 0.717) is 18.6 Å². The Kier molecular flexibility index (Phi) is 3.89. The molecule has 19 heavy (non-hydrogen) atoms. The average Bonchev–Trinajstić information content (AvgIpc) is 2.84. The van der Waals surface area contributed by atoms with Gasteiger partial charge in [-0.25, -0.2) is 9.50 Å². The number of fused-ring (bicyclic) bond motifs is 1. The van der Waals surface area contributed by atoms with Gasteiger partial charge in [-0.15, -0.1) is 0 Å². The quantitative estimate of drug-likeness (QED) is 0.600. The van der Waals surface area contributed by atoms with Crippen molar-refractivity contribution in [2.24, 2.45) is 0 Å². The molecule has 2 rings (SSSR count). The molecule has 0 aliphatic rings. The summed E-state index contributed by atoms with van der Waals surface area (Å²) in [6.07, 6.45) is 3.92. The summed E-state index contributed by atoms with van der Waals surface area (Å²) in [5, 5.41) is 4.11. The monoisotopic (exact) mass is 260 g/mol. The molecule has 6 heteroatoms. The first kappa shape index (κ1) is 13.2. The molecule has 2 heterocycles. The fourth-order valence-corrected chi connectivity index (χ4v) is 1.97. The van der Waals surface area contributed by atoms with Gasteiger partial charge in [0.1, 0.15) is 12.9 Å². The highest BCUT2D eigenvalue weighted by Gasteiger charge is 2.12. The number of esters is 1. The highest BCUT2D eigenvalue weighted by Crippen LogP contribution is 2.15. The van der Waals surface area contributed by atoms with Crippen molar-refractivity contribution in [2.75, 3.05) is 6.61 Å². The minimum Gasteiger partial charge on any atom is -0.461 e. The molecule has 0 aromatic carbocycles. The molecule has 0 fully saturated rings. The van der Waals surface area contributed by atoms with Gasteiger partial charge >= 0.3 is 5.97 Å². The molecule has 0 unspecified atom stereocenters. The standard InChI is InChI=1S/C13H16N4O2/c1-4-7-19-12(18)6-5-11-9(2)16-13-14-8-15-17(13)10(11)3/h4,8H,1,5-7H2,2-3H3. The number of rotatable bonds is 5. The molecular weight excluding hydrogens is 244 g/mol. The van der Waals surface area contributed by atoms with Crippen LogP contribution in [0.4, 0.5) is 0 Å². The molecule has 2 aromatic heterocycles. The molecule has 0 radical (unpaired) electrons. The van der Waals surface area contributed by atoms with Crippen LogP contribution in [0.3, 0.4) is 0 Å². The van der Waals surface area contributed by atoms with Gasteiger partial charge in [0, 0.05) is 17.8 Å². The van der Waals surface area contributed by atoms with Crippen LogP contribution in [0.15, 0.2) is 19.0 Å². The van der Waals surface area contributed by atoms with Crippen molar-refractivity contribution in [1.29, 1.82) is 0 Å². The van der Waals surface area contributed by atoms with Crippen molar-refractivity contribution < 1.29 is 9.53 Å². The maximum atomic E-state index is 11.5. The van der Waals surface area contributed by atoms with Gasteiger partial charge in [-0.1, -0.05) is 12.7 Å². The molecule has 0 aliphatic heterocycles. The first-order valence-corrected chi connectivity index (χ1v) is 6.05. The zero-order valence-corrected chi connectivity index (χ0v) is 11.1. The van der Waals surface area contributed by atoms with E-state index in [4.69, 9.17) is 4.74 Å². The number of nitrogens with zero attached hydrogens (tertiary/aromatic N) is 4. The molecule has 0 N–H and O–H groups in total. The molecule has 0 amide bonds. The third-order valence-corrected chi connectivity index (χ3v) is 2.93. The number of hydrogen-bond donors (Lipinski definition) is 0. The lowest BCUT2D eigenvalue weighted by molar-refractivity contribution is -0.142. The molecule has 0 saturated heterocycles. The maximum Gasteiger partial charge on any atom is 0.306 e. The third-order valence-electron chi connectivity index (χ3n) is 2.93. The average molecular weight is 260 g/mol. The van der Waals surface area contributed by atoms with Crippen LogP contribution in [0.1, 0.15) is 23.4 Å². The summed E-state index contributed by atoms with van der Waals surface area (Å²) in [5.74, 6) is 0.338. The number of aromatic nitrogens is 4. The predicted octanol–water partition coefficient (Wildman–Crippen LogP) is 1.40. The van der Waals surface area contributed by atoms with Gasteiger partial charge in [0.25, 0.3) is 5.78 Å². The van der Waals surface area contributed by atoms with E-state index in [-0.39, 0.29) is 12.6 Å². The van der Waals surface area contributed by atoms with Gasteiger partial charge < -0.3 is 4.74 Å². The summed E-state index contributed by atoms with van der Waals surface area (Å²) < 4.78 is 6.63. The van der Waals surface area contributed by atoms with E-state index in [1.165, 1.54) is 6.33 Å². The summed E-state index contributed by atoms with van der Waals surface area (Å²) >= 11 is 0. The van der Waals surface area contributed by atoms with Gasteiger partial charge in [-0.3, -0.25) is 4.79 Å². The fraction of sp³-hybridized carbons (Fsp3) is 0.385. The van der Waals surface area contributed by atoms with Crippen LogP contribution in [-0.2, 0) is 16.0 Å². The lowest BCUT2D eigenvalue weighted by Crippen LogP contribution is -2.10. The number of carbonyl (C=O) groups excluding carboxylic acids is 1. The zero-order valence-electron chi connectivity index (χ0n) is 11.1. The SMILES string of the molecule is C=CCOC(=O)CCc1c(C)nc2ncnn2c1C.